The predicted octanol–water partition coefficient (Wildman–Crippen LogP) is 6.60. The first kappa shape index (κ1) is 22.1. The van der Waals surface area contributed by atoms with Crippen LogP contribution in [0.4, 0.5) is 5.69 Å². The number of carbonyl (C=O) groups is 1. The Hall–Kier alpha value is -4.70. The number of pyridine rings is 1. The van der Waals surface area contributed by atoms with Crippen molar-refractivity contribution in [2.45, 2.75) is 6.92 Å². The van der Waals surface area contributed by atoms with E-state index in [1.807, 2.05) is 116 Å². The molecular weight excluding hydrogens is 432 g/mol. The normalized spacial score (nSPS) is 10.7. The van der Waals surface area contributed by atoms with E-state index in [1.165, 1.54) is 9.69 Å². The first-order valence-electron chi connectivity index (χ1n) is 11.5. The lowest BCUT2D eigenvalue weighted by Crippen LogP contribution is -2.43. The molecule has 0 atom stereocenters. The number of amides is 1. The van der Waals surface area contributed by atoms with Crippen LogP contribution in [0.2, 0.25) is 0 Å². The summed E-state index contributed by atoms with van der Waals surface area (Å²) in [6.45, 7) is 1.98. The van der Waals surface area contributed by atoms with Gasteiger partial charge in [-0.15, -0.1) is 0 Å². The fourth-order valence-corrected chi connectivity index (χ4v) is 4.09. The Morgan fingerprint density at radius 1 is 0.629 bits per heavy atom. The molecule has 170 valence electrons. The van der Waals surface area contributed by atoms with Gasteiger partial charge in [0.25, 0.3) is 11.5 Å². The molecule has 1 amide bonds. The number of carbonyl (C=O) groups excluding carboxylic acids is 1. The lowest BCUT2D eigenvalue weighted by Gasteiger charge is -2.28. The first-order valence-corrected chi connectivity index (χ1v) is 11.5. The number of rotatable bonds is 5. The van der Waals surface area contributed by atoms with Gasteiger partial charge in [0.2, 0.25) is 0 Å². The minimum Gasteiger partial charge on any atom is -0.267 e. The Bertz CT molecular complexity index is 1510. The van der Waals surface area contributed by atoms with E-state index in [0.29, 0.717) is 16.9 Å². The Balaban J connectivity index is 1.78. The molecule has 4 aromatic carbocycles. The molecule has 5 rings (SSSR count). The zero-order valence-electron chi connectivity index (χ0n) is 19.3. The Labute approximate surface area is 204 Å². The second-order valence-corrected chi connectivity index (χ2v) is 8.33. The molecule has 0 unspecified atom stereocenters. The van der Waals surface area contributed by atoms with Crippen molar-refractivity contribution in [3.8, 4) is 22.4 Å². The number of aromatic nitrogens is 1. The molecule has 0 radical (unpaired) electrons. The summed E-state index contributed by atoms with van der Waals surface area (Å²) >= 11 is 0. The summed E-state index contributed by atoms with van der Waals surface area (Å²) < 4.78 is 1.47. The van der Waals surface area contributed by atoms with Gasteiger partial charge in [0.1, 0.15) is 0 Å². The maximum Gasteiger partial charge on any atom is 0.277 e. The van der Waals surface area contributed by atoms with E-state index < -0.39 is 0 Å². The lowest BCUT2D eigenvalue weighted by atomic mass is 10.0. The molecule has 1 heterocycles. The summed E-state index contributed by atoms with van der Waals surface area (Å²) in [6, 6.07) is 39.6. The Kier molecular flexibility index (Phi) is 6.10. The fourth-order valence-electron chi connectivity index (χ4n) is 4.09. The maximum absolute atomic E-state index is 13.9. The van der Waals surface area contributed by atoms with Crippen molar-refractivity contribution in [1.29, 1.82) is 0 Å². The van der Waals surface area contributed by atoms with Gasteiger partial charge < -0.3 is 0 Å². The minimum absolute atomic E-state index is 0.289. The van der Waals surface area contributed by atoms with Crippen molar-refractivity contribution in [3.63, 3.8) is 0 Å². The number of hydrogen-bond acceptors (Lipinski definition) is 2. The van der Waals surface area contributed by atoms with E-state index in [0.717, 1.165) is 22.3 Å². The monoisotopic (exact) mass is 456 g/mol. The summed E-state index contributed by atoms with van der Waals surface area (Å²) in [5.74, 6) is -0.289. The molecule has 0 saturated carbocycles. The van der Waals surface area contributed by atoms with Crippen molar-refractivity contribution >= 4 is 11.6 Å². The molecule has 0 N–H and O–H groups in total. The third kappa shape index (κ3) is 4.55. The van der Waals surface area contributed by atoms with Gasteiger partial charge in [-0.05, 0) is 48.4 Å². The average Bonchev–Trinajstić information content (AvgIpc) is 2.91. The Morgan fingerprint density at radius 3 is 1.77 bits per heavy atom. The molecule has 0 aliphatic heterocycles. The van der Waals surface area contributed by atoms with E-state index in [9.17, 15) is 9.59 Å². The topological polar surface area (TPSA) is 42.3 Å². The van der Waals surface area contributed by atoms with Gasteiger partial charge in [-0.25, -0.2) is 9.69 Å². The highest BCUT2D eigenvalue weighted by Gasteiger charge is 2.24. The molecule has 4 heteroatoms. The van der Waals surface area contributed by atoms with Crippen molar-refractivity contribution in [2.24, 2.45) is 0 Å². The van der Waals surface area contributed by atoms with Crippen molar-refractivity contribution in [1.82, 2.24) is 4.68 Å². The van der Waals surface area contributed by atoms with Crippen LogP contribution in [0.3, 0.4) is 0 Å². The fraction of sp³-hybridized carbons (Fsp3) is 0.0323. The van der Waals surface area contributed by atoms with Crippen LogP contribution in [-0.2, 0) is 0 Å². The highest BCUT2D eigenvalue weighted by molar-refractivity contribution is 6.06. The van der Waals surface area contributed by atoms with E-state index in [-0.39, 0.29) is 11.5 Å². The van der Waals surface area contributed by atoms with Crippen LogP contribution in [0.25, 0.3) is 22.4 Å². The molecule has 0 aliphatic carbocycles. The summed E-state index contributed by atoms with van der Waals surface area (Å²) in [6.07, 6.45) is 0. The SMILES string of the molecule is Cc1ccc(C(=O)N(c2ccccc2)n2c(-c3ccccc3)cc(-c3ccccc3)cc2=O)cc1. The van der Waals surface area contributed by atoms with Crippen molar-refractivity contribution in [3.05, 3.63) is 149 Å². The Morgan fingerprint density at radius 2 is 1.17 bits per heavy atom. The largest absolute Gasteiger partial charge is 0.277 e. The van der Waals surface area contributed by atoms with Crippen LogP contribution in [0, 0.1) is 6.92 Å². The highest BCUT2D eigenvalue weighted by Crippen LogP contribution is 2.28. The summed E-state index contributed by atoms with van der Waals surface area (Å²) in [4.78, 5) is 27.7. The smallest absolute Gasteiger partial charge is 0.267 e. The zero-order valence-corrected chi connectivity index (χ0v) is 19.3. The third-order valence-electron chi connectivity index (χ3n) is 5.88. The van der Waals surface area contributed by atoms with Gasteiger partial charge in [0.15, 0.2) is 0 Å². The number of nitrogens with zero attached hydrogens (tertiary/aromatic N) is 2. The lowest BCUT2D eigenvalue weighted by molar-refractivity contribution is 0.0975. The first-order chi connectivity index (χ1) is 17.1. The summed E-state index contributed by atoms with van der Waals surface area (Å²) in [7, 11) is 0. The van der Waals surface area contributed by atoms with Crippen molar-refractivity contribution < 1.29 is 4.79 Å². The number of para-hydroxylation sites is 1. The van der Waals surface area contributed by atoms with Crippen LogP contribution in [-0.4, -0.2) is 10.6 Å². The van der Waals surface area contributed by atoms with Gasteiger partial charge in [-0.2, -0.15) is 0 Å². The van der Waals surface area contributed by atoms with E-state index in [4.69, 9.17) is 0 Å². The van der Waals surface area contributed by atoms with Gasteiger partial charge in [-0.3, -0.25) is 9.59 Å². The molecule has 35 heavy (non-hydrogen) atoms. The van der Waals surface area contributed by atoms with Gasteiger partial charge in [-0.1, -0.05) is 96.6 Å². The van der Waals surface area contributed by atoms with E-state index in [1.54, 1.807) is 18.2 Å². The number of anilines is 1. The molecular formula is C31H24N2O2. The van der Waals surface area contributed by atoms with Crippen LogP contribution in [0.5, 0.6) is 0 Å². The minimum atomic E-state index is -0.297. The van der Waals surface area contributed by atoms with Crippen LogP contribution in [0.15, 0.2) is 132 Å². The molecule has 0 spiro atoms. The summed E-state index contributed by atoms with van der Waals surface area (Å²) in [5.41, 5.74) is 5.05. The van der Waals surface area contributed by atoms with Gasteiger partial charge >= 0.3 is 0 Å². The molecule has 1 aromatic heterocycles. The number of aryl methyl sites for hydroxylation is 1. The second-order valence-electron chi connectivity index (χ2n) is 8.33. The number of benzene rings is 4. The number of hydrogen-bond donors (Lipinski definition) is 0. The molecule has 0 fully saturated rings. The average molecular weight is 457 g/mol. The predicted molar refractivity (Wildman–Crippen MR) is 141 cm³/mol. The van der Waals surface area contributed by atoms with E-state index in [2.05, 4.69) is 0 Å². The zero-order chi connectivity index (χ0) is 24.2. The standard InChI is InChI=1S/C31H24N2O2/c1-23-17-19-26(20-18-23)31(35)32(28-15-9-4-10-16-28)33-29(25-13-7-3-8-14-25)21-27(22-30(33)34)24-11-5-2-6-12-24/h2-22H,1H3. The van der Waals surface area contributed by atoms with Crippen molar-refractivity contribution in [2.75, 3.05) is 5.01 Å². The molecule has 0 saturated heterocycles. The van der Waals surface area contributed by atoms with Crippen LogP contribution >= 0.6 is 0 Å². The second kappa shape index (κ2) is 9.65. The van der Waals surface area contributed by atoms with Crippen LogP contribution < -0.4 is 10.6 Å². The summed E-state index contributed by atoms with van der Waals surface area (Å²) in [5, 5.41) is 1.46. The molecule has 5 aromatic rings. The molecule has 0 aliphatic rings. The van der Waals surface area contributed by atoms with Gasteiger partial charge in [0, 0.05) is 17.2 Å². The molecule has 4 nitrogen and oxygen atoms in total. The van der Waals surface area contributed by atoms with Gasteiger partial charge in [0.05, 0.1) is 11.4 Å². The quantitative estimate of drug-likeness (QED) is 0.299. The highest BCUT2D eigenvalue weighted by atomic mass is 16.2. The van der Waals surface area contributed by atoms with Crippen LogP contribution in [0.1, 0.15) is 15.9 Å². The maximum atomic E-state index is 13.9. The molecule has 0 bridgehead atoms. The third-order valence-corrected chi connectivity index (χ3v) is 5.88. The van der Waals surface area contributed by atoms with E-state index >= 15 is 0 Å².